The summed E-state index contributed by atoms with van der Waals surface area (Å²) < 4.78 is 5.15. The first-order valence-electron chi connectivity index (χ1n) is 9.60. The Bertz CT molecular complexity index is 655. The molecule has 0 saturated heterocycles. The second-order valence-electron chi connectivity index (χ2n) is 8.60. The lowest BCUT2D eigenvalue weighted by Gasteiger charge is -2.28. The maximum Gasteiger partial charge on any atom is 0.408 e. The van der Waals surface area contributed by atoms with Gasteiger partial charge in [-0.15, -0.1) is 0 Å². The minimum Gasteiger partial charge on any atom is -0.481 e. The Hall–Kier alpha value is -2.85. The minimum atomic E-state index is -1.64. The lowest BCUT2D eigenvalue weighted by atomic mass is 9.99. The molecule has 0 heterocycles. The minimum absolute atomic E-state index is 0.341. The zero-order chi connectivity index (χ0) is 23.8. The van der Waals surface area contributed by atoms with Gasteiger partial charge in [-0.2, -0.15) is 0 Å². The summed E-state index contributed by atoms with van der Waals surface area (Å²) in [6, 6.07) is -3.80. The maximum atomic E-state index is 12.7. The highest BCUT2D eigenvalue weighted by Crippen LogP contribution is 2.10. The Balaban J connectivity index is 5.34. The van der Waals surface area contributed by atoms with E-state index in [0.29, 0.717) is 0 Å². The van der Waals surface area contributed by atoms with Crippen LogP contribution in [0.1, 0.15) is 54.9 Å². The SMILES string of the molecule is CC(C)[C@H](NC(=O)OC(C)(C)C)C(=O)N[C@H](C(=O)N[C@@H](CC(=O)O)C(=O)O)C(C)C. The fraction of sp³-hybridized carbons (Fsp3) is 0.737. The molecule has 0 saturated carbocycles. The Labute approximate surface area is 175 Å². The topological polar surface area (TPSA) is 171 Å². The normalized spacial score (nSPS) is 14.4. The van der Waals surface area contributed by atoms with Crippen LogP contribution in [0, 0.1) is 11.8 Å². The number of carbonyl (C=O) groups is 5. The number of amides is 3. The molecule has 0 aliphatic carbocycles. The number of carbonyl (C=O) groups excluding carboxylic acids is 3. The summed E-state index contributed by atoms with van der Waals surface area (Å²) in [7, 11) is 0. The highest BCUT2D eigenvalue weighted by Gasteiger charge is 2.33. The van der Waals surface area contributed by atoms with Gasteiger partial charge in [0.25, 0.3) is 0 Å². The van der Waals surface area contributed by atoms with Crippen LogP contribution in [-0.4, -0.2) is 63.8 Å². The number of carboxylic acids is 2. The molecule has 172 valence electrons. The summed E-state index contributed by atoms with van der Waals surface area (Å²) in [5.41, 5.74) is -0.765. The first-order valence-corrected chi connectivity index (χ1v) is 9.60. The van der Waals surface area contributed by atoms with Crippen LogP contribution < -0.4 is 16.0 Å². The van der Waals surface area contributed by atoms with Gasteiger partial charge in [0.1, 0.15) is 23.7 Å². The van der Waals surface area contributed by atoms with Crippen molar-refractivity contribution in [1.29, 1.82) is 0 Å². The van der Waals surface area contributed by atoms with Gasteiger partial charge in [0, 0.05) is 0 Å². The van der Waals surface area contributed by atoms with Crippen molar-refractivity contribution in [2.75, 3.05) is 0 Å². The van der Waals surface area contributed by atoms with Gasteiger partial charge in [0.2, 0.25) is 11.8 Å². The Morgan fingerprint density at radius 3 is 1.60 bits per heavy atom. The van der Waals surface area contributed by atoms with Crippen LogP contribution >= 0.6 is 0 Å². The molecule has 0 aromatic rings. The summed E-state index contributed by atoms with van der Waals surface area (Å²) >= 11 is 0. The van der Waals surface area contributed by atoms with Gasteiger partial charge in [-0.05, 0) is 32.6 Å². The third-order valence-electron chi connectivity index (χ3n) is 3.86. The van der Waals surface area contributed by atoms with Crippen molar-refractivity contribution in [2.24, 2.45) is 11.8 Å². The predicted octanol–water partition coefficient (Wildman–Crippen LogP) is 0.721. The van der Waals surface area contributed by atoms with Gasteiger partial charge in [0.15, 0.2) is 0 Å². The van der Waals surface area contributed by atoms with Crippen LogP contribution in [0.3, 0.4) is 0 Å². The second kappa shape index (κ2) is 11.4. The molecule has 30 heavy (non-hydrogen) atoms. The lowest BCUT2D eigenvalue weighted by Crippen LogP contribution is -2.58. The molecule has 0 radical (unpaired) electrons. The van der Waals surface area contributed by atoms with E-state index in [1.807, 2.05) is 0 Å². The molecule has 3 amide bonds. The number of nitrogens with one attached hydrogen (secondary N) is 3. The molecule has 11 heteroatoms. The molecule has 11 nitrogen and oxygen atoms in total. The summed E-state index contributed by atoms with van der Waals surface area (Å²) in [6.45, 7) is 11.7. The number of aliphatic carboxylic acids is 2. The summed E-state index contributed by atoms with van der Waals surface area (Å²) in [4.78, 5) is 59.3. The Morgan fingerprint density at radius 2 is 1.23 bits per heavy atom. The molecule has 0 bridgehead atoms. The highest BCUT2D eigenvalue weighted by molar-refractivity contribution is 5.93. The first kappa shape index (κ1) is 27.1. The number of rotatable bonds is 10. The van der Waals surface area contributed by atoms with E-state index >= 15 is 0 Å². The molecule has 0 aliphatic rings. The Morgan fingerprint density at radius 1 is 0.800 bits per heavy atom. The van der Waals surface area contributed by atoms with Crippen molar-refractivity contribution < 1.29 is 38.9 Å². The first-order chi connectivity index (χ1) is 13.5. The largest absolute Gasteiger partial charge is 0.481 e. The molecule has 3 atom stereocenters. The molecule has 0 fully saturated rings. The standard InChI is InChI=1S/C19H33N3O8/c1-9(2)13(15(25)20-11(17(27)28)8-12(23)24)21-16(26)14(10(3)4)22-18(29)30-19(5,6)7/h9-11,13-14H,8H2,1-7H3,(H,20,25)(H,21,26)(H,22,29)(H,23,24)(H,27,28)/t11-,13-,14-/m0/s1. The zero-order valence-corrected chi connectivity index (χ0v) is 18.4. The van der Waals surface area contributed by atoms with Gasteiger partial charge in [-0.25, -0.2) is 9.59 Å². The van der Waals surface area contributed by atoms with E-state index in [1.165, 1.54) is 0 Å². The summed E-state index contributed by atoms with van der Waals surface area (Å²) in [5, 5.41) is 25.0. The van der Waals surface area contributed by atoms with Crippen molar-refractivity contribution in [1.82, 2.24) is 16.0 Å². The number of alkyl carbamates (subject to hydrolysis) is 1. The van der Waals surface area contributed by atoms with Crippen LogP contribution in [-0.2, 0) is 23.9 Å². The van der Waals surface area contributed by atoms with Crippen LogP contribution in [0.15, 0.2) is 0 Å². The maximum absolute atomic E-state index is 12.7. The highest BCUT2D eigenvalue weighted by atomic mass is 16.6. The van der Waals surface area contributed by atoms with E-state index < -0.39 is 65.9 Å². The Kier molecular flexibility index (Phi) is 10.3. The number of hydrogen-bond acceptors (Lipinski definition) is 6. The van der Waals surface area contributed by atoms with Gasteiger partial charge < -0.3 is 30.9 Å². The van der Waals surface area contributed by atoms with Crippen LogP contribution in [0.25, 0.3) is 0 Å². The predicted molar refractivity (Wildman–Crippen MR) is 107 cm³/mol. The van der Waals surface area contributed by atoms with Crippen molar-refractivity contribution >= 4 is 29.8 Å². The number of carboxylic acid groups (broad SMARTS) is 2. The molecular weight excluding hydrogens is 398 g/mol. The lowest BCUT2D eigenvalue weighted by molar-refractivity contribution is -0.147. The van der Waals surface area contributed by atoms with E-state index in [4.69, 9.17) is 14.9 Å². The number of ether oxygens (including phenoxy) is 1. The second-order valence-corrected chi connectivity index (χ2v) is 8.60. The van der Waals surface area contributed by atoms with Crippen LogP contribution in [0.4, 0.5) is 4.79 Å². The van der Waals surface area contributed by atoms with Gasteiger partial charge in [0.05, 0.1) is 6.42 Å². The van der Waals surface area contributed by atoms with E-state index in [-0.39, 0.29) is 5.92 Å². The van der Waals surface area contributed by atoms with Crippen molar-refractivity contribution in [3.8, 4) is 0 Å². The van der Waals surface area contributed by atoms with Crippen molar-refractivity contribution in [3.05, 3.63) is 0 Å². The van der Waals surface area contributed by atoms with E-state index in [9.17, 15) is 24.0 Å². The zero-order valence-electron chi connectivity index (χ0n) is 18.4. The summed E-state index contributed by atoms with van der Waals surface area (Å²) in [6.07, 6.45) is -1.61. The molecule has 0 aromatic heterocycles. The average molecular weight is 431 g/mol. The van der Waals surface area contributed by atoms with Gasteiger partial charge in [-0.3, -0.25) is 14.4 Å². The number of hydrogen-bond donors (Lipinski definition) is 5. The van der Waals surface area contributed by atoms with Gasteiger partial charge in [-0.1, -0.05) is 27.7 Å². The van der Waals surface area contributed by atoms with Crippen molar-refractivity contribution in [2.45, 2.75) is 78.6 Å². The molecule has 0 aliphatic heterocycles. The molecule has 0 rings (SSSR count). The molecule has 0 aromatic carbocycles. The summed E-state index contributed by atoms with van der Waals surface area (Å²) in [5.74, 6) is -5.18. The van der Waals surface area contributed by atoms with Gasteiger partial charge >= 0.3 is 18.0 Å². The fourth-order valence-corrected chi connectivity index (χ4v) is 2.38. The molecule has 5 N–H and O–H groups in total. The quantitative estimate of drug-likeness (QED) is 0.337. The van der Waals surface area contributed by atoms with Crippen LogP contribution in [0.5, 0.6) is 0 Å². The third-order valence-corrected chi connectivity index (χ3v) is 3.86. The van der Waals surface area contributed by atoms with E-state index in [0.717, 1.165) is 0 Å². The monoisotopic (exact) mass is 431 g/mol. The average Bonchev–Trinajstić information content (AvgIpc) is 2.53. The fourth-order valence-electron chi connectivity index (χ4n) is 2.38. The van der Waals surface area contributed by atoms with Crippen molar-refractivity contribution in [3.63, 3.8) is 0 Å². The molecule has 0 spiro atoms. The third kappa shape index (κ3) is 10.1. The molecule has 0 unspecified atom stereocenters. The van der Waals surface area contributed by atoms with E-state index in [2.05, 4.69) is 16.0 Å². The van der Waals surface area contributed by atoms with Crippen LogP contribution in [0.2, 0.25) is 0 Å². The molecular formula is C19H33N3O8. The smallest absolute Gasteiger partial charge is 0.408 e. The van der Waals surface area contributed by atoms with E-state index in [1.54, 1.807) is 48.5 Å².